The number of benzene rings is 1. The van der Waals surface area contributed by atoms with Crippen molar-refractivity contribution in [1.29, 1.82) is 0 Å². The molecule has 2 rings (SSSR count). The Labute approximate surface area is 115 Å². The van der Waals surface area contributed by atoms with Crippen LogP contribution in [0.1, 0.15) is 18.5 Å². The first-order valence-corrected chi connectivity index (χ1v) is 6.54. The molecule has 0 amide bonds. The maximum Gasteiger partial charge on any atom is 0.145 e. The van der Waals surface area contributed by atoms with Crippen molar-refractivity contribution in [1.82, 2.24) is 10.3 Å². The van der Waals surface area contributed by atoms with Gasteiger partial charge < -0.3 is 10.1 Å². The second kappa shape index (κ2) is 5.98. The predicted octanol–water partition coefficient (Wildman–Crippen LogP) is 3.92. The van der Waals surface area contributed by atoms with Crippen LogP contribution >= 0.6 is 15.9 Å². The van der Waals surface area contributed by atoms with Crippen LogP contribution in [0.4, 0.5) is 0 Å². The molecule has 0 fully saturated rings. The van der Waals surface area contributed by atoms with Gasteiger partial charge in [0.05, 0.1) is 10.7 Å². The van der Waals surface area contributed by atoms with E-state index in [9.17, 15) is 0 Å². The van der Waals surface area contributed by atoms with Crippen molar-refractivity contribution >= 4 is 15.9 Å². The van der Waals surface area contributed by atoms with E-state index in [0.29, 0.717) is 6.04 Å². The number of hydrogen-bond donors (Lipinski definition) is 1. The molecule has 2 aromatic rings. The summed E-state index contributed by atoms with van der Waals surface area (Å²) in [5.74, 6) is 1.52. The van der Waals surface area contributed by atoms with Crippen LogP contribution < -0.4 is 10.1 Å². The van der Waals surface area contributed by atoms with Gasteiger partial charge in [-0.15, -0.1) is 0 Å². The number of ether oxygens (including phenoxy) is 1. The summed E-state index contributed by atoms with van der Waals surface area (Å²) in [6.45, 7) is 2.11. The number of nitrogens with zero attached hydrogens (tertiary/aromatic N) is 1. The highest BCUT2D eigenvalue weighted by molar-refractivity contribution is 9.10. The number of nitrogens with one attached hydrogen (secondary N) is 1. The summed E-state index contributed by atoms with van der Waals surface area (Å²) in [7, 11) is 1.94. The molecule has 3 nitrogen and oxygen atoms in total. The van der Waals surface area contributed by atoms with E-state index in [2.05, 4.69) is 45.3 Å². The van der Waals surface area contributed by atoms with Gasteiger partial charge in [0.2, 0.25) is 0 Å². The number of hydrogen-bond acceptors (Lipinski definition) is 3. The minimum atomic E-state index is 0.314. The van der Waals surface area contributed by atoms with Crippen LogP contribution in [0.5, 0.6) is 11.5 Å². The Balaban J connectivity index is 2.20. The van der Waals surface area contributed by atoms with Crippen LogP contribution in [0.15, 0.2) is 47.2 Å². The van der Waals surface area contributed by atoms with E-state index in [1.807, 2.05) is 25.2 Å². The highest BCUT2D eigenvalue weighted by atomic mass is 79.9. The van der Waals surface area contributed by atoms with E-state index in [4.69, 9.17) is 4.74 Å². The Kier molecular flexibility index (Phi) is 4.33. The molecule has 0 bridgehead atoms. The molecule has 0 aliphatic rings. The molecule has 1 aromatic heterocycles. The molecule has 0 spiro atoms. The lowest BCUT2D eigenvalue weighted by molar-refractivity contribution is 0.476. The van der Waals surface area contributed by atoms with Gasteiger partial charge in [0.15, 0.2) is 0 Å². The van der Waals surface area contributed by atoms with Gasteiger partial charge in [0, 0.05) is 12.2 Å². The third-order valence-electron chi connectivity index (χ3n) is 2.75. The van der Waals surface area contributed by atoms with Crippen LogP contribution in [0.25, 0.3) is 0 Å². The van der Waals surface area contributed by atoms with Gasteiger partial charge in [-0.2, -0.15) is 0 Å². The SMILES string of the molecule is CNC(C)c1ccc(Oc2cccnc2)c(Br)c1. The van der Waals surface area contributed by atoms with Crippen LogP contribution in [-0.2, 0) is 0 Å². The third-order valence-corrected chi connectivity index (χ3v) is 3.37. The average Bonchev–Trinajstić information content (AvgIpc) is 2.41. The van der Waals surface area contributed by atoms with E-state index in [0.717, 1.165) is 16.0 Å². The van der Waals surface area contributed by atoms with E-state index in [1.165, 1.54) is 5.56 Å². The van der Waals surface area contributed by atoms with Crippen LogP contribution in [0.2, 0.25) is 0 Å². The fourth-order valence-electron chi connectivity index (χ4n) is 1.57. The highest BCUT2D eigenvalue weighted by Crippen LogP contribution is 2.31. The van der Waals surface area contributed by atoms with Crippen molar-refractivity contribution in [2.75, 3.05) is 7.05 Å². The molecule has 18 heavy (non-hydrogen) atoms. The second-order valence-corrected chi connectivity index (χ2v) is 4.85. The van der Waals surface area contributed by atoms with Crippen LogP contribution in [-0.4, -0.2) is 12.0 Å². The molecule has 0 radical (unpaired) electrons. The second-order valence-electron chi connectivity index (χ2n) is 3.99. The van der Waals surface area contributed by atoms with Crippen molar-refractivity contribution in [3.05, 3.63) is 52.8 Å². The minimum Gasteiger partial charge on any atom is -0.455 e. The quantitative estimate of drug-likeness (QED) is 0.929. The first-order chi connectivity index (χ1) is 8.70. The lowest BCUT2D eigenvalue weighted by atomic mass is 10.1. The molecule has 1 atom stereocenters. The maximum atomic E-state index is 5.75. The molecule has 0 aliphatic heterocycles. The molecule has 1 unspecified atom stereocenters. The van der Waals surface area contributed by atoms with Gasteiger partial charge in [-0.1, -0.05) is 6.07 Å². The maximum absolute atomic E-state index is 5.75. The monoisotopic (exact) mass is 306 g/mol. The predicted molar refractivity (Wildman–Crippen MR) is 75.9 cm³/mol. The summed E-state index contributed by atoms with van der Waals surface area (Å²) in [4.78, 5) is 4.02. The normalized spacial score (nSPS) is 12.2. The van der Waals surface area contributed by atoms with Gasteiger partial charge in [0.25, 0.3) is 0 Å². The first-order valence-electron chi connectivity index (χ1n) is 5.75. The summed E-state index contributed by atoms with van der Waals surface area (Å²) in [5, 5.41) is 3.21. The summed E-state index contributed by atoms with van der Waals surface area (Å²) in [6, 6.07) is 10.1. The molecule has 0 saturated carbocycles. The Morgan fingerprint density at radius 3 is 2.78 bits per heavy atom. The van der Waals surface area contributed by atoms with Crippen LogP contribution in [0, 0.1) is 0 Å². The smallest absolute Gasteiger partial charge is 0.145 e. The standard InChI is InChI=1S/C14H15BrN2O/c1-10(16-2)11-5-6-14(13(15)8-11)18-12-4-3-7-17-9-12/h3-10,16H,1-2H3. The summed E-state index contributed by atoms with van der Waals surface area (Å²) in [5.41, 5.74) is 1.21. The zero-order valence-corrected chi connectivity index (χ0v) is 11.9. The minimum absolute atomic E-state index is 0.314. The van der Waals surface area contributed by atoms with Gasteiger partial charge >= 0.3 is 0 Å². The fourth-order valence-corrected chi connectivity index (χ4v) is 2.05. The topological polar surface area (TPSA) is 34.1 Å². The molecule has 0 aliphatic carbocycles. The van der Waals surface area contributed by atoms with Gasteiger partial charge in [-0.25, -0.2) is 0 Å². The summed E-state index contributed by atoms with van der Waals surface area (Å²) in [6.07, 6.45) is 3.41. The average molecular weight is 307 g/mol. The van der Waals surface area contributed by atoms with Gasteiger partial charge in [0.1, 0.15) is 11.5 Å². The molecule has 94 valence electrons. The molecule has 1 aromatic carbocycles. The number of pyridine rings is 1. The molecule has 1 N–H and O–H groups in total. The van der Waals surface area contributed by atoms with Gasteiger partial charge in [-0.3, -0.25) is 4.98 Å². The largest absolute Gasteiger partial charge is 0.455 e. The van der Waals surface area contributed by atoms with E-state index >= 15 is 0 Å². The summed E-state index contributed by atoms with van der Waals surface area (Å²) < 4.78 is 6.68. The van der Waals surface area contributed by atoms with Gasteiger partial charge in [-0.05, 0) is 59.7 Å². The summed E-state index contributed by atoms with van der Waals surface area (Å²) >= 11 is 3.53. The Morgan fingerprint density at radius 2 is 2.17 bits per heavy atom. The molecule has 0 saturated heterocycles. The lowest BCUT2D eigenvalue weighted by Crippen LogP contribution is -2.12. The van der Waals surface area contributed by atoms with Crippen molar-refractivity contribution in [2.45, 2.75) is 13.0 Å². The van der Waals surface area contributed by atoms with Crippen molar-refractivity contribution < 1.29 is 4.74 Å². The van der Waals surface area contributed by atoms with Crippen molar-refractivity contribution in [2.24, 2.45) is 0 Å². The Hall–Kier alpha value is -1.39. The third kappa shape index (κ3) is 3.09. The zero-order valence-electron chi connectivity index (χ0n) is 10.4. The molecular weight excluding hydrogens is 292 g/mol. The van der Waals surface area contributed by atoms with E-state index in [-0.39, 0.29) is 0 Å². The first kappa shape index (κ1) is 13.1. The number of rotatable bonds is 4. The number of halogens is 1. The number of aromatic nitrogens is 1. The zero-order chi connectivity index (χ0) is 13.0. The molecule has 4 heteroatoms. The fraction of sp³-hybridized carbons (Fsp3) is 0.214. The Morgan fingerprint density at radius 1 is 1.33 bits per heavy atom. The van der Waals surface area contributed by atoms with Crippen molar-refractivity contribution in [3.8, 4) is 11.5 Å². The van der Waals surface area contributed by atoms with Crippen LogP contribution in [0.3, 0.4) is 0 Å². The Bertz CT molecular complexity index is 516. The lowest BCUT2D eigenvalue weighted by Gasteiger charge is -2.13. The molecule has 1 heterocycles. The highest BCUT2D eigenvalue weighted by Gasteiger charge is 2.07. The van der Waals surface area contributed by atoms with E-state index in [1.54, 1.807) is 12.4 Å². The van der Waals surface area contributed by atoms with Crippen molar-refractivity contribution in [3.63, 3.8) is 0 Å². The van der Waals surface area contributed by atoms with E-state index < -0.39 is 0 Å². The molecular formula is C14H15BrN2O.